The molecule has 14 heteroatoms. The van der Waals surface area contributed by atoms with Crippen molar-refractivity contribution in [3.63, 3.8) is 0 Å². The third-order valence-corrected chi connectivity index (χ3v) is 5.95. The molecule has 0 unspecified atom stereocenters. The van der Waals surface area contributed by atoms with E-state index in [-0.39, 0.29) is 33.8 Å². The van der Waals surface area contributed by atoms with Gasteiger partial charge in [0.05, 0.1) is 12.7 Å². The Labute approximate surface area is 218 Å². The minimum atomic E-state index is -1.80. The molecule has 14 nitrogen and oxygen atoms in total. The lowest BCUT2D eigenvalue weighted by Crippen LogP contribution is -2.60. The highest BCUT2D eigenvalue weighted by molar-refractivity contribution is 5.90. The third-order valence-electron chi connectivity index (χ3n) is 5.95. The summed E-state index contributed by atoms with van der Waals surface area (Å²) in [5, 5.41) is 59.7. The van der Waals surface area contributed by atoms with Crippen molar-refractivity contribution in [2.45, 2.75) is 37.1 Å². The predicted molar refractivity (Wildman–Crippen MR) is 128 cm³/mol. The largest absolute Gasteiger partial charge is 0.507 e. The first-order valence-corrected chi connectivity index (χ1v) is 11.4. The average molecular weight is 548 g/mol. The predicted octanol–water partition coefficient (Wildman–Crippen LogP) is 0.0841. The van der Waals surface area contributed by atoms with Gasteiger partial charge >= 0.3 is 11.9 Å². The van der Waals surface area contributed by atoms with E-state index in [1.54, 1.807) is 0 Å². The molecule has 6 N–H and O–H groups in total. The molecule has 1 fully saturated rings. The second-order valence-electron chi connectivity index (χ2n) is 8.57. The van der Waals surface area contributed by atoms with Crippen molar-refractivity contribution in [3.05, 3.63) is 46.8 Å². The molecular formula is C25H24O14. The van der Waals surface area contributed by atoms with Gasteiger partial charge in [-0.25, -0.2) is 0 Å². The van der Waals surface area contributed by atoms with Crippen LogP contribution < -0.4 is 14.9 Å². The number of carboxylic acid groups (broad SMARTS) is 1. The molecule has 0 aliphatic carbocycles. The zero-order chi connectivity index (χ0) is 28.4. The fourth-order valence-corrected chi connectivity index (χ4v) is 3.97. The van der Waals surface area contributed by atoms with Gasteiger partial charge in [0.25, 0.3) is 0 Å². The second kappa shape index (κ2) is 11.2. The van der Waals surface area contributed by atoms with Gasteiger partial charge < -0.3 is 54.0 Å². The number of phenols is 2. The lowest BCUT2D eigenvalue weighted by molar-refractivity contribution is -0.278. The molecule has 2 aromatic carbocycles. The first kappa shape index (κ1) is 27.7. The molecule has 0 radical (unpaired) electrons. The molecule has 2 heterocycles. The average Bonchev–Trinajstić information content (AvgIpc) is 2.87. The van der Waals surface area contributed by atoms with Gasteiger partial charge in [0.2, 0.25) is 11.7 Å². The van der Waals surface area contributed by atoms with E-state index >= 15 is 0 Å². The highest BCUT2D eigenvalue weighted by Crippen LogP contribution is 2.34. The number of hydrogen-bond donors (Lipinski definition) is 6. The molecule has 1 aliphatic heterocycles. The summed E-state index contributed by atoms with van der Waals surface area (Å²) >= 11 is 0. The quantitative estimate of drug-likeness (QED) is 0.162. The van der Waals surface area contributed by atoms with Crippen molar-refractivity contribution in [2.75, 3.05) is 13.7 Å². The number of aliphatic carboxylic acids is 1. The van der Waals surface area contributed by atoms with Crippen molar-refractivity contribution < 1.29 is 63.6 Å². The molecule has 0 bridgehead atoms. The Hall–Kier alpha value is -4.37. The third kappa shape index (κ3) is 5.73. The number of carbonyl (C=O) groups excluding carboxylic acids is 1. The minimum absolute atomic E-state index is 0.0351. The Kier molecular flexibility index (Phi) is 7.92. The van der Waals surface area contributed by atoms with E-state index in [0.717, 1.165) is 12.3 Å². The molecular weight excluding hydrogens is 524 g/mol. The topological polar surface area (TPSA) is 223 Å². The number of aliphatic hydroxyl groups is 3. The second-order valence-corrected chi connectivity index (χ2v) is 8.57. The van der Waals surface area contributed by atoms with Gasteiger partial charge in [-0.3, -0.25) is 14.4 Å². The van der Waals surface area contributed by atoms with Gasteiger partial charge in [-0.1, -0.05) is 6.07 Å². The summed E-state index contributed by atoms with van der Waals surface area (Å²) in [5.41, 5.74) is -0.403. The van der Waals surface area contributed by atoms with Crippen LogP contribution in [0.15, 0.2) is 45.8 Å². The number of benzene rings is 2. The Morgan fingerprint density at radius 2 is 1.74 bits per heavy atom. The molecule has 3 aromatic rings. The van der Waals surface area contributed by atoms with Gasteiger partial charge in [-0.15, -0.1) is 0 Å². The Morgan fingerprint density at radius 1 is 1.00 bits per heavy atom. The summed E-state index contributed by atoms with van der Waals surface area (Å²) in [4.78, 5) is 35.2. The normalized spacial score (nSPS) is 22.8. The summed E-state index contributed by atoms with van der Waals surface area (Å²) < 4.78 is 26.2. The van der Waals surface area contributed by atoms with Gasteiger partial charge in [-0.2, -0.15) is 0 Å². The maximum absolute atomic E-state index is 13.1. The number of methoxy groups -OCH3 is 1. The van der Waals surface area contributed by atoms with Crippen LogP contribution in [0.1, 0.15) is 6.42 Å². The number of carboxylic acids is 1. The molecule has 1 aromatic heterocycles. The first-order chi connectivity index (χ1) is 18.5. The molecule has 0 amide bonds. The number of esters is 1. The van der Waals surface area contributed by atoms with E-state index in [2.05, 4.69) is 0 Å². The van der Waals surface area contributed by atoms with Crippen molar-refractivity contribution in [1.82, 2.24) is 0 Å². The molecule has 1 saturated heterocycles. The first-order valence-electron chi connectivity index (χ1n) is 11.4. The number of phenolic OH excluding ortho intramolecular Hbond substituents is 2. The van der Waals surface area contributed by atoms with Crippen molar-refractivity contribution in [3.8, 4) is 34.1 Å². The van der Waals surface area contributed by atoms with Gasteiger partial charge in [0.15, 0.2) is 11.5 Å². The zero-order valence-electron chi connectivity index (χ0n) is 20.2. The molecule has 4 rings (SSSR count). The summed E-state index contributed by atoms with van der Waals surface area (Å²) in [6.45, 7) is -0.654. The van der Waals surface area contributed by atoms with E-state index in [1.165, 1.54) is 31.4 Å². The van der Waals surface area contributed by atoms with E-state index in [1.807, 2.05) is 0 Å². The number of rotatable bonds is 8. The van der Waals surface area contributed by atoms with Crippen LogP contribution in [-0.4, -0.2) is 87.0 Å². The van der Waals surface area contributed by atoms with Crippen molar-refractivity contribution in [1.29, 1.82) is 0 Å². The number of fused-ring (bicyclic) bond motifs is 1. The van der Waals surface area contributed by atoms with Gasteiger partial charge in [0.1, 0.15) is 66.2 Å². The maximum Gasteiger partial charge on any atom is 0.317 e. The smallest absolute Gasteiger partial charge is 0.317 e. The zero-order valence-corrected chi connectivity index (χ0v) is 20.2. The summed E-state index contributed by atoms with van der Waals surface area (Å²) in [7, 11) is 1.37. The highest BCUT2D eigenvalue weighted by Gasteiger charge is 2.45. The van der Waals surface area contributed by atoms with Crippen LogP contribution in [0.5, 0.6) is 23.0 Å². The Balaban J connectivity index is 1.57. The van der Waals surface area contributed by atoms with E-state index in [4.69, 9.17) is 28.5 Å². The van der Waals surface area contributed by atoms with Crippen molar-refractivity contribution >= 4 is 22.9 Å². The Morgan fingerprint density at radius 3 is 2.41 bits per heavy atom. The molecule has 5 atom stereocenters. The SMILES string of the molecule is COc1ccc(-c2coc3cc(O[C@@H]4O[C@H](COC(=O)CC(=O)O)[C@@H](O)[C@H](O)[C@H]4O)cc(O)c3c2=O)cc1O. The maximum atomic E-state index is 13.1. The van der Waals surface area contributed by atoms with E-state index in [9.17, 15) is 39.9 Å². The fraction of sp³-hybridized carbons (Fsp3) is 0.320. The van der Waals surface area contributed by atoms with Crippen LogP contribution in [0, 0.1) is 0 Å². The molecule has 39 heavy (non-hydrogen) atoms. The van der Waals surface area contributed by atoms with Crippen LogP contribution in [0.3, 0.4) is 0 Å². The molecule has 1 aliphatic rings. The van der Waals surface area contributed by atoms with Crippen LogP contribution >= 0.6 is 0 Å². The van der Waals surface area contributed by atoms with Crippen LogP contribution in [0.4, 0.5) is 0 Å². The molecule has 0 saturated carbocycles. The van der Waals surface area contributed by atoms with Crippen LogP contribution in [0.2, 0.25) is 0 Å². The summed E-state index contributed by atoms with van der Waals surface area (Å²) in [5.74, 6) is -3.28. The number of hydrogen-bond acceptors (Lipinski definition) is 13. The standard InChI is InChI=1S/C25H24O14/c1-35-15-3-2-10(4-13(15)26)12-8-36-16-6-11(5-14(27)20(16)21(12)31)38-25-24(34)23(33)22(32)17(39-25)9-37-19(30)7-18(28)29/h2-6,8,17,22-27,32-34H,7,9H2,1H3,(H,28,29)/t17-,22-,23+,24-,25-/m1/s1. The Bertz CT molecular complexity index is 1450. The fourth-order valence-electron chi connectivity index (χ4n) is 3.97. The summed E-state index contributed by atoms with van der Waals surface area (Å²) in [6, 6.07) is 6.50. The number of carbonyl (C=O) groups is 2. The lowest BCUT2D eigenvalue weighted by Gasteiger charge is -2.39. The number of aromatic hydroxyl groups is 2. The molecule has 208 valence electrons. The van der Waals surface area contributed by atoms with Gasteiger partial charge in [0, 0.05) is 12.1 Å². The lowest BCUT2D eigenvalue weighted by atomic mass is 9.99. The van der Waals surface area contributed by atoms with Crippen molar-refractivity contribution in [2.24, 2.45) is 0 Å². The van der Waals surface area contributed by atoms with Crippen LogP contribution in [-0.2, 0) is 19.1 Å². The highest BCUT2D eigenvalue weighted by atomic mass is 16.7. The van der Waals surface area contributed by atoms with E-state index in [0.29, 0.717) is 5.56 Å². The molecule has 0 spiro atoms. The monoisotopic (exact) mass is 548 g/mol. The van der Waals surface area contributed by atoms with Crippen LogP contribution in [0.25, 0.3) is 22.1 Å². The summed E-state index contributed by atoms with van der Waals surface area (Å²) in [6.07, 6.45) is -8.17. The number of ether oxygens (including phenoxy) is 4. The minimum Gasteiger partial charge on any atom is -0.507 e. The van der Waals surface area contributed by atoms with E-state index < -0.39 is 66.9 Å². The van der Waals surface area contributed by atoms with Gasteiger partial charge in [-0.05, 0) is 17.7 Å². The number of aliphatic hydroxyl groups excluding tert-OH is 3.